The standard InChI is InChI=1S/C15H19N3O/c16-14-1-2-15(12-4-6-17-9-13(12)14)18-7-3-11-5-8-19-10-11/h1-2,4,6,9,11,18H,3,5,7-8,10,16H2. The molecule has 0 spiro atoms. The van der Waals surface area contributed by atoms with Crippen LogP contribution in [0.25, 0.3) is 10.8 Å². The lowest BCUT2D eigenvalue weighted by Crippen LogP contribution is -2.09. The van der Waals surface area contributed by atoms with E-state index < -0.39 is 0 Å². The third kappa shape index (κ3) is 2.63. The van der Waals surface area contributed by atoms with Crippen LogP contribution < -0.4 is 11.1 Å². The zero-order chi connectivity index (χ0) is 13.1. The zero-order valence-corrected chi connectivity index (χ0v) is 10.9. The molecule has 2 aromatic rings. The maximum absolute atomic E-state index is 5.97. The first-order valence-corrected chi connectivity index (χ1v) is 6.78. The van der Waals surface area contributed by atoms with E-state index in [1.807, 2.05) is 24.4 Å². The van der Waals surface area contributed by atoms with Gasteiger partial charge >= 0.3 is 0 Å². The molecule has 1 atom stereocenters. The Hall–Kier alpha value is -1.81. The maximum Gasteiger partial charge on any atom is 0.0495 e. The molecule has 0 amide bonds. The molecular formula is C15H19N3O. The van der Waals surface area contributed by atoms with Gasteiger partial charge in [0.2, 0.25) is 0 Å². The van der Waals surface area contributed by atoms with Gasteiger partial charge in [0.05, 0.1) is 0 Å². The number of nitrogens with one attached hydrogen (secondary N) is 1. The van der Waals surface area contributed by atoms with Crippen molar-refractivity contribution in [1.82, 2.24) is 4.98 Å². The first-order valence-electron chi connectivity index (χ1n) is 6.78. The zero-order valence-electron chi connectivity index (χ0n) is 10.9. The lowest BCUT2D eigenvalue weighted by molar-refractivity contribution is 0.185. The van der Waals surface area contributed by atoms with Crippen molar-refractivity contribution in [1.29, 1.82) is 0 Å². The van der Waals surface area contributed by atoms with Gasteiger partial charge < -0.3 is 15.8 Å². The van der Waals surface area contributed by atoms with Crippen LogP contribution >= 0.6 is 0 Å². The van der Waals surface area contributed by atoms with Crippen LogP contribution in [0.15, 0.2) is 30.6 Å². The molecule has 3 N–H and O–H groups in total. The Labute approximate surface area is 113 Å². The normalized spacial score (nSPS) is 18.8. The van der Waals surface area contributed by atoms with Crippen LogP contribution in [-0.4, -0.2) is 24.7 Å². The van der Waals surface area contributed by atoms with Crippen LogP contribution in [0.1, 0.15) is 12.8 Å². The number of nitrogens with two attached hydrogens (primary N) is 1. The second-order valence-corrected chi connectivity index (χ2v) is 5.07. The van der Waals surface area contributed by atoms with Gasteiger partial charge in [-0.05, 0) is 37.0 Å². The summed E-state index contributed by atoms with van der Waals surface area (Å²) in [4.78, 5) is 4.13. The largest absolute Gasteiger partial charge is 0.398 e. The number of hydrogen-bond donors (Lipinski definition) is 2. The number of nitrogens with zero attached hydrogens (tertiary/aromatic N) is 1. The van der Waals surface area contributed by atoms with Gasteiger partial charge in [-0.25, -0.2) is 0 Å². The first-order chi connectivity index (χ1) is 9.34. The molecule has 1 saturated heterocycles. The minimum atomic E-state index is 0.703. The molecule has 1 unspecified atom stereocenters. The van der Waals surface area contributed by atoms with Gasteiger partial charge in [0, 0.05) is 54.3 Å². The predicted octanol–water partition coefficient (Wildman–Crippen LogP) is 2.66. The lowest BCUT2D eigenvalue weighted by atomic mass is 10.0. The van der Waals surface area contributed by atoms with E-state index in [0.29, 0.717) is 5.92 Å². The Bertz CT molecular complexity index is 564. The highest BCUT2D eigenvalue weighted by Gasteiger charge is 2.14. The summed E-state index contributed by atoms with van der Waals surface area (Å²) in [6.45, 7) is 2.80. The Morgan fingerprint density at radius 1 is 1.32 bits per heavy atom. The number of anilines is 2. The number of pyridine rings is 1. The minimum absolute atomic E-state index is 0.703. The Morgan fingerprint density at radius 2 is 2.26 bits per heavy atom. The highest BCUT2D eigenvalue weighted by Crippen LogP contribution is 2.27. The highest BCUT2D eigenvalue weighted by molar-refractivity contribution is 6.00. The molecule has 1 aliphatic heterocycles. The van der Waals surface area contributed by atoms with Crippen molar-refractivity contribution < 1.29 is 4.74 Å². The predicted molar refractivity (Wildman–Crippen MR) is 78.2 cm³/mol. The average molecular weight is 257 g/mol. The first kappa shape index (κ1) is 12.2. The van der Waals surface area contributed by atoms with Gasteiger partial charge in [-0.1, -0.05) is 0 Å². The molecule has 1 aromatic carbocycles. The minimum Gasteiger partial charge on any atom is -0.398 e. The number of benzene rings is 1. The van der Waals surface area contributed by atoms with Crippen LogP contribution in [0.4, 0.5) is 11.4 Å². The molecular weight excluding hydrogens is 238 g/mol. The molecule has 4 heteroatoms. The Balaban J connectivity index is 1.72. The van der Waals surface area contributed by atoms with Crippen LogP contribution in [0.5, 0.6) is 0 Å². The second kappa shape index (κ2) is 5.45. The fourth-order valence-corrected chi connectivity index (χ4v) is 2.59. The van der Waals surface area contributed by atoms with Crippen molar-refractivity contribution in [2.75, 3.05) is 30.8 Å². The van der Waals surface area contributed by atoms with E-state index in [4.69, 9.17) is 10.5 Å². The van der Waals surface area contributed by atoms with E-state index in [2.05, 4.69) is 10.3 Å². The Morgan fingerprint density at radius 3 is 3.11 bits per heavy atom. The lowest BCUT2D eigenvalue weighted by Gasteiger charge is -2.12. The summed E-state index contributed by atoms with van der Waals surface area (Å²) in [6.07, 6.45) is 5.96. The number of rotatable bonds is 4. The smallest absolute Gasteiger partial charge is 0.0495 e. The summed E-state index contributed by atoms with van der Waals surface area (Å²) < 4.78 is 5.39. The summed E-state index contributed by atoms with van der Waals surface area (Å²) in [7, 11) is 0. The second-order valence-electron chi connectivity index (χ2n) is 5.07. The SMILES string of the molecule is Nc1ccc(NCCC2CCOC2)c2ccncc12. The van der Waals surface area contributed by atoms with E-state index in [9.17, 15) is 0 Å². The topological polar surface area (TPSA) is 60.2 Å². The van der Waals surface area contributed by atoms with Gasteiger partial charge in [-0.3, -0.25) is 4.98 Å². The summed E-state index contributed by atoms with van der Waals surface area (Å²) in [6, 6.07) is 5.99. The molecule has 3 rings (SSSR count). The summed E-state index contributed by atoms with van der Waals surface area (Å²) in [5.74, 6) is 0.703. The molecule has 1 aromatic heterocycles. The van der Waals surface area contributed by atoms with Crippen molar-refractivity contribution in [2.24, 2.45) is 5.92 Å². The van der Waals surface area contributed by atoms with E-state index in [1.54, 1.807) is 6.20 Å². The van der Waals surface area contributed by atoms with Gasteiger partial charge in [0.15, 0.2) is 0 Å². The third-order valence-corrected chi connectivity index (χ3v) is 3.74. The van der Waals surface area contributed by atoms with Crippen molar-refractivity contribution in [3.63, 3.8) is 0 Å². The quantitative estimate of drug-likeness (QED) is 0.827. The Kier molecular flexibility index (Phi) is 3.51. The third-order valence-electron chi connectivity index (χ3n) is 3.74. The van der Waals surface area contributed by atoms with Crippen LogP contribution in [0, 0.1) is 5.92 Å². The van der Waals surface area contributed by atoms with Gasteiger partial charge in [0.1, 0.15) is 0 Å². The van der Waals surface area contributed by atoms with E-state index in [1.165, 1.54) is 6.42 Å². The molecule has 100 valence electrons. The van der Waals surface area contributed by atoms with Crippen LogP contribution in [-0.2, 0) is 4.74 Å². The maximum atomic E-state index is 5.97. The van der Waals surface area contributed by atoms with E-state index >= 15 is 0 Å². The summed E-state index contributed by atoms with van der Waals surface area (Å²) in [5, 5.41) is 5.65. The van der Waals surface area contributed by atoms with Crippen LogP contribution in [0.3, 0.4) is 0 Å². The molecule has 0 radical (unpaired) electrons. The molecule has 1 aliphatic rings. The highest BCUT2D eigenvalue weighted by atomic mass is 16.5. The number of ether oxygens (including phenoxy) is 1. The van der Waals surface area contributed by atoms with Crippen molar-refractivity contribution in [2.45, 2.75) is 12.8 Å². The molecule has 0 bridgehead atoms. The molecule has 1 fully saturated rings. The number of nitrogen functional groups attached to an aromatic ring is 1. The summed E-state index contributed by atoms with van der Waals surface area (Å²) in [5.41, 5.74) is 7.87. The van der Waals surface area contributed by atoms with Gasteiger partial charge in [-0.2, -0.15) is 0 Å². The molecule has 19 heavy (non-hydrogen) atoms. The monoisotopic (exact) mass is 257 g/mol. The van der Waals surface area contributed by atoms with Crippen LogP contribution in [0.2, 0.25) is 0 Å². The number of hydrogen-bond acceptors (Lipinski definition) is 4. The van der Waals surface area contributed by atoms with E-state index in [0.717, 1.165) is 48.3 Å². The fraction of sp³-hybridized carbons (Fsp3) is 0.400. The number of aromatic nitrogens is 1. The molecule has 2 heterocycles. The molecule has 0 saturated carbocycles. The molecule has 0 aliphatic carbocycles. The average Bonchev–Trinajstić information content (AvgIpc) is 2.95. The fourth-order valence-electron chi connectivity index (χ4n) is 2.59. The van der Waals surface area contributed by atoms with Crippen molar-refractivity contribution >= 4 is 22.1 Å². The summed E-state index contributed by atoms with van der Waals surface area (Å²) >= 11 is 0. The number of fused-ring (bicyclic) bond motifs is 1. The van der Waals surface area contributed by atoms with E-state index in [-0.39, 0.29) is 0 Å². The van der Waals surface area contributed by atoms with Gasteiger partial charge in [-0.15, -0.1) is 0 Å². The van der Waals surface area contributed by atoms with Gasteiger partial charge in [0.25, 0.3) is 0 Å². The molecule has 4 nitrogen and oxygen atoms in total. The van der Waals surface area contributed by atoms with Crippen molar-refractivity contribution in [3.05, 3.63) is 30.6 Å². The van der Waals surface area contributed by atoms with Crippen molar-refractivity contribution in [3.8, 4) is 0 Å².